The molecular formula is C49H66N6O11. The number of carbonyl (C=O) groups is 8. The molecule has 0 radical (unpaired) electrons. The number of aromatic carboxylic acids is 1. The van der Waals surface area contributed by atoms with Gasteiger partial charge in [-0.05, 0) is 80.0 Å². The Hall–Kier alpha value is -6.26. The number of nitrogens with two attached hydrogens (primary N) is 1. The van der Waals surface area contributed by atoms with Gasteiger partial charge in [0.25, 0.3) is 5.91 Å². The number of benzene rings is 2. The van der Waals surface area contributed by atoms with E-state index in [4.69, 9.17) is 10.5 Å². The molecule has 2 aliphatic carbocycles. The fraction of sp³-hybridized carbons (Fsp3) is 0.551. The summed E-state index contributed by atoms with van der Waals surface area (Å²) in [6, 6.07) is 8.79. The largest absolute Gasteiger partial charge is 0.488 e. The maximum atomic E-state index is 15.0. The molecule has 3 fully saturated rings. The molecule has 5 rings (SSSR count). The first kappa shape index (κ1) is 50.7. The number of hydrogen-bond acceptors (Lipinski definition) is 10. The van der Waals surface area contributed by atoms with Gasteiger partial charge >= 0.3 is 11.9 Å². The summed E-state index contributed by atoms with van der Waals surface area (Å²) in [5, 5.41) is 21.1. The fourth-order valence-electron chi connectivity index (χ4n) is 9.25. The Bertz CT molecular complexity index is 2080. The molecule has 3 aliphatic rings. The van der Waals surface area contributed by atoms with Crippen molar-refractivity contribution in [2.24, 2.45) is 23.0 Å². The molecule has 6 amide bonds. The van der Waals surface area contributed by atoms with E-state index in [0.717, 1.165) is 51.4 Å². The van der Waals surface area contributed by atoms with E-state index in [9.17, 15) is 38.7 Å². The van der Waals surface area contributed by atoms with Crippen molar-refractivity contribution in [1.82, 2.24) is 26.2 Å². The molecule has 66 heavy (non-hydrogen) atoms. The number of carboxylic acids is 1. The van der Waals surface area contributed by atoms with Gasteiger partial charge in [0.05, 0.1) is 24.8 Å². The van der Waals surface area contributed by atoms with Crippen LogP contribution in [0.2, 0.25) is 0 Å². The molecule has 1 aliphatic heterocycles. The predicted octanol–water partition coefficient (Wildman–Crippen LogP) is 4.19. The zero-order chi connectivity index (χ0) is 48.0. The van der Waals surface area contributed by atoms with Crippen molar-refractivity contribution in [2.75, 3.05) is 13.7 Å². The molecule has 0 aromatic heterocycles. The van der Waals surface area contributed by atoms with Crippen LogP contribution in [-0.4, -0.2) is 107 Å². The second-order valence-electron chi connectivity index (χ2n) is 18.7. The predicted molar refractivity (Wildman–Crippen MR) is 244 cm³/mol. The minimum absolute atomic E-state index is 0.0511. The number of esters is 1. The van der Waals surface area contributed by atoms with Crippen LogP contribution in [-0.2, 0) is 33.5 Å². The Labute approximate surface area is 386 Å². The summed E-state index contributed by atoms with van der Waals surface area (Å²) in [5.41, 5.74) is 4.41. The third-order valence-electron chi connectivity index (χ3n) is 12.8. The molecule has 1 saturated heterocycles. The lowest BCUT2D eigenvalue weighted by Gasteiger charge is -2.37. The number of nitrogens with one attached hydrogen (secondary N) is 4. The average molecular weight is 915 g/mol. The Morgan fingerprint density at radius 2 is 1.36 bits per heavy atom. The number of ether oxygens (including phenoxy) is 2. The molecule has 2 saturated carbocycles. The lowest BCUT2D eigenvalue weighted by molar-refractivity contribution is -0.145. The summed E-state index contributed by atoms with van der Waals surface area (Å²) in [6.07, 6.45) is 10.5. The second kappa shape index (κ2) is 23.8. The molecule has 2 aromatic carbocycles. The molecule has 7 N–H and O–H groups in total. The van der Waals surface area contributed by atoms with Crippen LogP contribution in [0.5, 0.6) is 5.75 Å². The number of carbonyl (C=O) groups excluding carboxylic acids is 7. The maximum absolute atomic E-state index is 15.0. The van der Waals surface area contributed by atoms with Crippen LogP contribution in [0.3, 0.4) is 0 Å². The highest BCUT2D eigenvalue weighted by molar-refractivity contribution is 6.06. The summed E-state index contributed by atoms with van der Waals surface area (Å²) < 4.78 is 11.0. The van der Waals surface area contributed by atoms with Crippen LogP contribution in [0.4, 0.5) is 0 Å². The number of rotatable bonds is 19. The molecule has 0 bridgehead atoms. The van der Waals surface area contributed by atoms with Gasteiger partial charge in [-0.25, -0.2) is 9.59 Å². The first-order chi connectivity index (χ1) is 31.5. The third kappa shape index (κ3) is 13.9. The molecule has 17 nitrogen and oxygen atoms in total. The topological polar surface area (TPSA) is 253 Å². The zero-order valence-corrected chi connectivity index (χ0v) is 38.4. The first-order valence-corrected chi connectivity index (χ1v) is 23.1. The van der Waals surface area contributed by atoms with Gasteiger partial charge < -0.3 is 46.5 Å². The van der Waals surface area contributed by atoms with E-state index in [1.807, 2.05) is 6.07 Å². The highest BCUT2D eigenvalue weighted by Crippen LogP contribution is 2.32. The van der Waals surface area contributed by atoms with Gasteiger partial charge in [0.15, 0.2) is 0 Å². The Kier molecular flexibility index (Phi) is 18.3. The van der Waals surface area contributed by atoms with Crippen molar-refractivity contribution in [3.8, 4) is 5.75 Å². The maximum Gasteiger partial charge on any atom is 0.336 e. The van der Waals surface area contributed by atoms with Crippen molar-refractivity contribution in [3.05, 3.63) is 77.9 Å². The van der Waals surface area contributed by atoms with Gasteiger partial charge in [-0.15, -0.1) is 0 Å². The standard InChI is InChI=1S/C49H66N6O11/c1-49(2,3)41(54-44(59)36(26-16-17-27-38(56)65-4)51-43(58)34-24-14-15-25-35(34)48(63)64)47(62)55-29-33(66-32-22-12-7-13-23-32)28-37(55)45(60)53-40(31-20-10-6-11-21-31)46(61)52-39(42(50)57)30-18-8-5-9-19-30/h7,12-15,17,22-25,27,30-31,33,36-37,39-41H,5-6,8-11,16,18-21,26,28-29H2,1-4H3,(H2,50,57)(H,51,58)(H,52,61)(H,53,60)(H,54,59)(H,63,64)/b27-17+/t33-,36+,37+,39+,40+,41-/m1/s1. The average Bonchev–Trinajstić information content (AvgIpc) is 3.73. The summed E-state index contributed by atoms with van der Waals surface area (Å²) in [5.74, 6) is -5.78. The summed E-state index contributed by atoms with van der Waals surface area (Å²) in [7, 11) is 1.21. The summed E-state index contributed by atoms with van der Waals surface area (Å²) >= 11 is 0. The lowest BCUT2D eigenvalue weighted by atomic mass is 9.81. The minimum atomic E-state index is -1.35. The van der Waals surface area contributed by atoms with Gasteiger partial charge in [-0.1, -0.05) is 95.7 Å². The number of primary amides is 1. The molecule has 2 aromatic rings. The van der Waals surface area contributed by atoms with E-state index in [0.29, 0.717) is 18.6 Å². The summed E-state index contributed by atoms with van der Waals surface area (Å²) in [4.78, 5) is 110. The minimum Gasteiger partial charge on any atom is -0.488 e. The van der Waals surface area contributed by atoms with E-state index >= 15 is 4.79 Å². The van der Waals surface area contributed by atoms with Crippen LogP contribution in [0.1, 0.15) is 125 Å². The van der Waals surface area contributed by atoms with Crippen LogP contribution in [0.15, 0.2) is 66.7 Å². The SMILES string of the molecule is COC(=O)/C=C/CC[C@H](NC(=O)c1ccccc1C(=O)O)C(=O)N[C@H](C(=O)N1C[C@H](Oc2ccccc2)C[C@H]1C(=O)N[C@H](C(=O)N[C@H](C(N)=O)C1CCCCC1)C1CCCCC1)C(C)(C)C. The van der Waals surface area contributed by atoms with Gasteiger partial charge in [0, 0.05) is 12.5 Å². The van der Waals surface area contributed by atoms with Crippen molar-refractivity contribution >= 4 is 47.4 Å². The first-order valence-electron chi connectivity index (χ1n) is 23.1. The normalized spacial score (nSPS) is 20.0. The quantitative estimate of drug-likeness (QED) is 0.0861. The van der Waals surface area contributed by atoms with Crippen LogP contribution in [0, 0.1) is 17.3 Å². The molecule has 6 atom stereocenters. The fourth-order valence-corrected chi connectivity index (χ4v) is 9.25. The highest BCUT2D eigenvalue weighted by atomic mass is 16.5. The number of allylic oxidation sites excluding steroid dienone is 1. The zero-order valence-electron chi connectivity index (χ0n) is 38.4. The van der Waals surface area contributed by atoms with Gasteiger partial charge in [0.2, 0.25) is 29.5 Å². The summed E-state index contributed by atoms with van der Waals surface area (Å²) in [6.45, 7) is 5.16. The van der Waals surface area contributed by atoms with E-state index in [1.165, 1.54) is 48.4 Å². The number of nitrogens with zero attached hydrogens (tertiary/aromatic N) is 1. The molecule has 0 unspecified atom stereocenters. The van der Waals surface area contributed by atoms with E-state index in [2.05, 4.69) is 26.0 Å². The van der Waals surface area contributed by atoms with Gasteiger partial charge in [0.1, 0.15) is 42.1 Å². The second-order valence-corrected chi connectivity index (χ2v) is 18.7. The molecule has 0 spiro atoms. The molecule has 1 heterocycles. The number of amides is 6. The van der Waals surface area contributed by atoms with E-state index in [1.54, 1.807) is 45.0 Å². The Morgan fingerprint density at radius 3 is 1.94 bits per heavy atom. The third-order valence-corrected chi connectivity index (χ3v) is 12.8. The number of carboxylic acid groups (broad SMARTS) is 1. The number of likely N-dealkylation sites (tertiary alicyclic amines) is 1. The number of para-hydroxylation sites is 1. The molecule has 17 heteroatoms. The van der Waals surface area contributed by atoms with Crippen LogP contribution < -0.4 is 31.7 Å². The Morgan fingerprint density at radius 1 is 0.773 bits per heavy atom. The smallest absolute Gasteiger partial charge is 0.336 e. The molecule has 358 valence electrons. The van der Waals surface area contributed by atoms with Crippen LogP contribution in [0.25, 0.3) is 0 Å². The van der Waals surface area contributed by atoms with E-state index in [-0.39, 0.29) is 48.8 Å². The van der Waals surface area contributed by atoms with Crippen LogP contribution >= 0.6 is 0 Å². The molecular weight excluding hydrogens is 849 g/mol. The lowest BCUT2D eigenvalue weighted by Crippen LogP contribution is -2.62. The van der Waals surface area contributed by atoms with Crippen molar-refractivity contribution in [1.29, 1.82) is 0 Å². The van der Waals surface area contributed by atoms with Gasteiger partial charge in [-0.2, -0.15) is 0 Å². The van der Waals surface area contributed by atoms with E-state index < -0.39 is 89.1 Å². The van der Waals surface area contributed by atoms with Crippen molar-refractivity contribution < 1.29 is 52.9 Å². The number of hydrogen-bond donors (Lipinski definition) is 6. The monoisotopic (exact) mass is 914 g/mol. The highest BCUT2D eigenvalue weighted by Gasteiger charge is 2.47. The van der Waals surface area contributed by atoms with Gasteiger partial charge in [-0.3, -0.25) is 28.8 Å². The number of methoxy groups -OCH3 is 1. The van der Waals surface area contributed by atoms with Crippen molar-refractivity contribution in [3.63, 3.8) is 0 Å². The Balaban J connectivity index is 1.43. The van der Waals surface area contributed by atoms with Crippen molar-refractivity contribution in [2.45, 2.75) is 141 Å².